The van der Waals surface area contributed by atoms with E-state index >= 15 is 0 Å². The van der Waals surface area contributed by atoms with Gasteiger partial charge in [0.25, 0.3) is 11.2 Å². The second kappa shape index (κ2) is 6.50. The highest BCUT2D eigenvalue weighted by Gasteiger charge is 2.21. The molecule has 0 fully saturated rings. The van der Waals surface area contributed by atoms with Crippen molar-refractivity contribution >= 4 is 61.6 Å². The number of benzene rings is 1. The molecule has 132 valence electrons. The fourth-order valence-corrected chi connectivity index (χ4v) is 4.75. The molecule has 2 aromatic heterocycles. The van der Waals surface area contributed by atoms with Crippen LogP contribution in [-0.2, 0) is 12.8 Å². The number of aryl methyl sites for hydroxylation is 2. The lowest BCUT2D eigenvalue weighted by Crippen LogP contribution is -2.10. The van der Waals surface area contributed by atoms with Crippen LogP contribution >= 0.6 is 34.5 Å². The number of nitro groups is 1. The van der Waals surface area contributed by atoms with Gasteiger partial charge in [0.05, 0.1) is 15.3 Å². The van der Waals surface area contributed by atoms with Crippen LogP contribution in [0.5, 0.6) is 0 Å². The fourth-order valence-electron chi connectivity index (χ4n) is 3.09. The number of halogens is 2. The number of H-pyrrole nitrogens is 1. The molecule has 3 aromatic rings. The van der Waals surface area contributed by atoms with E-state index in [9.17, 15) is 14.9 Å². The minimum atomic E-state index is -0.563. The van der Waals surface area contributed by atoms with Gasteiger partial charge in [-0.3, -0.25) is 14.9 Å². The summed E-state index contributed by atoms with van der Waals surface area (Å²) < 4.78 is 0. The molecule has 0 saturated heterocycles. The molecule has 2 heterocycles. The molecule has 4 rings (SSSR count). The maximum absolute atomic E-state index is 12.5. The van der Waals surface area contributed by atoms with Gasteiger partial charge in [-0.2, -0.15) is 0 Å². The Labute approximate surface area is 161 Å². The zero-order chi connectivity index (χ0) is 18.4. The third-order valence-electron chi connectivity index (χ3n) is 4.26. The van der Waals surface area contributed by atoms with Crippen molar-refractivity contribution in [2.75, 3.05) is 0 Å². The second-order valence-electron chi connectivity index (χ2n) is 5.91. The van der Waals surface area contributed by atoms with Crippen molar-refractivity contribution in [2.45, 2.75) is 19.3 Å². The van der Waals surface area contributed by atoms with Gasteiger partial charge < -0.3 is 4.98 Å². The highest BCUT2D eigenvalue weighted by molar-refractivity contribution is 7.18. The summed E-state index contributed by atoms with van der Waals surface area (Å²) in [5, 5.41) is 11.9. The Morgan fingerprint density at radius 1 is 1.38 bits per heavy atom. The molecule has 0 unspecified atom stereocenters. The lowest BCUT2D eigenvalue weighted by molar-refractivity contribution is -0.384. The molecule has 0 spiro atoms. The number of aromatic amines is 1. The average molecular weight is 408 g/mol. The van der Waals surface area contributed by atoms with E-state index in [4.69, 9.17) is 23.2 Å². The molecule has 0 bridgehead atoms. The van der Waals surface area contributed by atoms with Crippen molar-refractivity contribution in [1.82, 2.24) is 9.97 Å². The summed E-state index contributed by atoms with van der Waals surface area (Å²) in [5.41, 5.74) is 1.16. The Bertz CT molecular complexity index is 1150. The first-order valence-corrected chi connectivity index (χ1v) is 9.37. The quantitative estimate of drug-likeness (QED) is 0.499. The van der Waals surface area contributed by atoms with Gasteiger partial charge in [0.2, 0.25) is 0 Å². The van der Waals surface area contributed by atoms with Gasteiger partial charge in [-0.05, 0) is 42.5 Å². The molecule has 26 heavy (non-hydrogen) atoms. The molecular formula is C17H11Cl2N3O3S. The van der Waals surface area contributed by atoms with Crippen molar-refractivity contribution < 1.29 is 4.92 Å². The van der Waals surface area contributed by atoms with Crippen molar-refractivity contribution in [2.24, 2.45) is 0 Å². The van der Waals surface area contributed by atoms with Crippen LogP contribution in [0.2, 0.25) is 5.02 Å². The highest BCUT2D eigenvalue weighted by Crippen LogP contribution is 2.35. The van der Waals surface area contributed by atoms with Gasteiger partial charge in [0.1, 0.15) is 9.85 Å². The topological polar surface area (TPSA) is 88.9 Å². The third-order valence-corrected chi connectivity index (χ3v) is 6.05. The SMILES string of the molecule is O=c1[nH]c(/C(Cl)=C/c2ccc(Cl)c([N+](=O)[O-])c2)nc2sc3c(c12)CCC3. The molecule has 0 amide bonds. The molecule has 0 atom stereocenters. The Kier molecular flexibility index (Phi) is 4.30. The lowest BCUT2D eigenvalue weighted by Gasteiger charge is -2.02. The zero-order valence-electron chi connectivity index (χ0n) is 13.2. The predicted molar refractivity (Wildman–Crippen MR) is 104 cm³/mol. The van der Waals surface area contributed by atoms with Crippen LogP contribution in [0.1, 0.15) is 28.2 Å². The van der Waals surface area contributed by atoms with E-state index in [-0.39, 0.29) is 27.1 Å². The van der Waals surface area contributed by atoms with E-state index < -0.39 is 4.92 Å². The predicted octanol–water partition coefficient (Wildman–Crippen LogP) is 4.77. The molecule has 1 aliphatic rings. The number of nitro benzene ring substituents is 1. The van der Waals surface area contributed by atoms with Crippen LogP contribution in [0, 0.1) is 10.1 Å². The van der Waals surface area contributed by atoms with Crippen molar-refractivity contribution in [3.05, 3.63) is 65.5 Å². The van der Waals surface area contributed by atoms with E-state index in [1.807, 2.05) is 0 Å². The molecule has 1 aromatic carbocycles. The van der Waals surface area contributed by atoms with Gasteiger partial charge in [-0.25, -0.2) is 4.98 Å². The third kappa shape index (κ3) is 2.92. The van der Waals surface area contributed by atoms with Gasteiger partial charge in [-0.1, -0.05) is 29.3 Å². The number of rotatable bonds is 3. The normalized spacial score (nSPS) is 14.0. The lowest BCUT2D eigenvalue weighted by atomic mass is 10.2. The summed E-state index contributed by atoms with van der Waals surface area (Å²) in [6, 6.07) is 4.36. The summed E-state index contributed by atoms with van der Waals surface area (Å²) in [6.07, 6.45) is 4.45. The summed E-state index contributed by atoms with van der Waals surface area (Å²) in [7, 11) is 0. The maximum Gasteiger partial charge on any atom is 0.288 e. The van der Waals surface area contributed by atoms with Crippen LogP contribution < -0.4 is 5.56 Å². The second-order valence-corrected chi connectivity index (χ2v) is 7.81. The van der Waals surface area contributed by atoms with E-state index in [1.54, 1.807) is 6.07 Å². The van der Waals surface area contributed by atoms with Crippen LogP contribution in [0.15, 0.2) is 23.0 Å². The average Bonchev–Trinajstić information content (AvgIpc) is 3.16. The van der Waals surface area contributed by atoms with Gasteiger partial charge >= 0.3 is 0 Å². The number of aromatic nitrogens is 2. The van der Waals surface area contributed by atoms with Gasteiger partial charge in [0, 0.05) is 10.9 Å². The van der Waals surface area contributed by atoms with E-state index in [2.05, 4.69) is 9.97 Å². The number of nitrogens with one attached hydrogen (secondary N) is 1. The first kappa shape index (κ1) is 17.2. The van der Waals surface area contributed by atoms with Crippen molar-refractivity contribution in [3.8, 4) is 0 Å². The Morgan fingerprint density at radius 2 is 2.19 bits per heavy atom. The van der Waals surface area contributed by atoms with Crippen molar-refractivity contribution in [1.29, 1.82) is 0 Å². The number of thiophene rings is 1. The van der Waals surface area contributed by atoms with E-state index in [0.29, 0.717) is 15.8 Å². The minimum absolute atomic E-state index is 0.0457. The molecule has 1 aliphatic carbocycles. The van der Waals surface area contributed by atoms with Crippen LogP contribution in [-0.4, -0.2) is 14.9 Å². The van der Waals surface area contributed by atoms with E-state index in [0.717, 1.165) is 24.8 Å². The molecular weight excluding hydrogens is 397 g/mol. The summed E-state index contributed by atoms with van der Waals surface area (Å²) in [5.74, 6) is 0.238. The van der Waals surface area contributed by atoms with Crippen molar-refractivity contribution in [3.63, 3.8) is 0 Å². The number of hydrogen-bond donors (Lipinski definition) is 1. The van der Waals surface area contributed by atoms with Crippen LogP contribution in [0.25, 0.3) is 21.3 Å². The standard InChI is InChI=1S/C17H11Cl2N3O3S/c18-10-5-4-8(7-12(10)22(24)25)6-11(19)15-20-16(23)14-9-2-1-3-13(9)26-17(14)21-15/h4-7H,1-3H2,(H,20,21,23)/b11-6-. The Balaban J connectivity index is 1.78. The Hall–Kier alpha value is -2.22. The first-order valence-electron chi connectivity index (χ1n) is 7.80. The molecule has 1 N–H and O–H groups in total. The molecule has 0 radical (unpaired) electrons. The first-order chi connectivity index (χ1) is 12.4. The van der Waals surface area contributed by atoms with Gasteiger partial charge in [-0.15, -0.1) is 11.3 Å². The largest absolute Gasteiger partial charge is 0.305 e. The maximum atomic E-state index is 12.5. The highest BCUT2D eigenvalue weighted by atomic mass is 35.5. The fraction of sp³-hybridized carbons (Fsp3) is 0.176. The summed E-state index contributed by atoms with van der Waals surface area (Å²) in [6.45, 7) is 0. The smallest absolute Gasteiger partial charge is 0.288 e. The molecule has 0 saturated carbocycles. The van der Waals surface area contributed by atoms with E-state index in [1.165, 1.54) is 34.4 Å². The zero-order valence-corrected chi connectivity index (χ0v) is 15.5. The van der Waals surface area contributed by atoms with Crippen LogP contribution in [0.3, 0.4) is 0 Å². The number of nitrogens with zero attached hydrogens (tertiary/aromatic N) is 2. The Morgan fingerprint density at radius 3 is 2.96 bits per heavy atom. The molecule has 0 aliphatic heterocycles. The number of hydrogen-bond acceptors (Lipinski definition) is 5. The number of fused-ring (bicyclic) bond motifs is 3. The molecule has 6 nitrogen and oxygen atoms in total. The summed E-state index contributed by atoms with van der Waals surface area (Å²) >= 11 is 13.6. The van der Waals surface area contributed by atoms with Gasteiger partial charge in [0.15, 0.2) is 5.82 Å². The van der Waals surface area contributed by atoms with Crippen LogP contribution in [0.4, 0.5) is 5.69 Å². The summed E-state index contributed by atoms with van der Waals surface area (Å²) in [4.78, 5) is 32.0. The monoisotopic (exact) mass is 407 g/mol. The molecule has 9 heteroatoms. The minimum Gasteiger partial charge on any atom is -0.305 e.